The topological polar surface area (TPSA) is 69.0 Å². The molecule has 0 bridgehead atoms. The first-order valence-corrected chi connectivity index (χ1v) is 48.1. The quantitative estimate of drug-likeness (QED) is 0.122. The third-order valence-electron chi connectivity index (χ3n) is 28.7. The minimum Gasteiger partial charge on any atom is -0.455 e. The van der Waals surface area contributed by atoms with Gasteiger partial charge in [0.1, 0.15) is 27.9 Å². The molecular formula is C132H84N6O3. The van der Waals surface area contributed by atoms with Gasteiger partial charge < -0.3 is 40.7 Å². The molecule has 30 rings (SSSR count). The van der Waals surface area contributed by atoms with Gasteiger partial charge in [-0.2, -0.15) is 0 Å². The number of furan rings is 3. The fraction of sp³-hybridized carbons (Fsp3) is 0. The summed E-state index contributed by atoms with van der Waals surface area (Å²) in [5.41, 5.74) is 36.6. The van der Waals surface area contributed by atoms with E-state index < -0.39 is 0 Å². The first-order chi connectivity index (χ1) is 70.0. The number of hydrogen-bond donors (Lipinski definition) is 0. The molecule has 0 radical (unpaired) electrons. The van der Waals surface area contributed by atoms with Crippen molar-refractivity contribution in [3.05, 3.63) is 510 Å². The summed E-state index contributed by atoms with van der Waals surface area (Å²) in [7, 11) is 0. The number of nitrogens with zero attached hydrogens (tertiary/aromatic N) is 6. The number of rotatable bonds is 12. The lowest BCUT2D eigenvalue weighted by molar-refractivity contribution is 0.667. The molecule has 0 aliphatic rings. The molecule has 9 heteroatoms. The van der Waals surface area contributed by atoms with Crippen molar-refractivity contribution in [1.29, 1.82) is 0 Å². The molecular weight excluding hydrogens is 1720 g/mol. The van der Waals surface area contributed by atoms with Crippen LogP contribution in [-0.4, -0.2) is 27.4 Å². The van der Waals surface area contributed by atoms with E-state index in [-0.39, 0.29) is 0 Å². The highest BCUT2D eigenvalue weighted by Gasteiger charge is 2.27. The zero-order chi connectivity index (χ0) is 92.7. The Hall–Kier alpha value is -19.0. The van der Waals surface area contributed by atoms with Crippen LogP contribution in [0.2, 0.25) is 0 Å². The Balaban J connectivity index is 0.000000104. The molecule has 0 spiro atoms. The van der Waals surface area contributed by atoms with Gasteiger partial charge in [-0.3, -0.25) is 0 Å². The minimum absolute atomic E-state index is 0.896. The molecule has 0 fully saturated rings. The van der Waals surface area contributed by atoms with E-state index in [1.54, 1.807) is 0 Å². The van der Waals surface area contributed by atoms with Crippen molar-refractivity contribution in [2.24, 2.45) is 0 Å². The van der Waals surface area contributed by atoms with Gasteiger partial charge in [-0.05, 0) is 160 Å². The summed E-state index contributed by atoms with van der Waals surface area (Å²) >= 11 is 0. The Labute approximate surface area is 809 Å². The van der Waals surface area contributed by atoms with Crippen LogP contribution in [0.25, 0.3) is 265 Å². The third-order valence-corrected chi connectivity index (χ3v) is 28.7. The number of benzene rings is 21. The van der Waals surface area contributed by atoms with Crippen molar-refractivity contribution in [2.75, 3.05) is 0 Å². The van der Waals surface area contributed by atoms with Crippen molar-refractivity contribution in [1.82, 2.24) is 27.4 Å². The summed E-state index contributed by atoms with van der Waals surface area (Å²) in [6.07, 6.45) is 6.54. The van der Waals surface area contributed by atoms with E-state index in [1.807, 2.05) is 6.07 Å². The molecule has 30 aromatic rings. The van der Waals surface area contributed by atoms with Crippen molar-refractivity contribution in [3.8, 4) is 101 Å². The lowest BCUT2D eigenvalue weighted by Crippen LogP contribution is -1.95. The molecule has 0 aliphatic carbocycles. The highest BCUT2D eigenvalue weighted by Crippen LogP contribution is 2.49. The van der Waals surface area contributed by atoms with Crippen molar-refractivity contribution >= 4 is 164 Å². The summed E-state index contributed by atoms with van der Waals surface area (Å²) in [5, 5.41) is 17.9. The van der Waals surface area contributed by atoms with Crippen LogP contribution >= 0.6 is 0 Å². The Morgan fingerprint density at radius 2 is 0.369 bits per heavy atom. The van der Waals surface area contributed by atoms with Gasteiger partial charge in [0.25, 0.3) is 0 Å². The Morgan fingerprint density at radius 3 is 0.709 bits per heavy atom. The van der Waals surface area contributed by atoms with Crippen molar-refractivity contribution in [2.45, 2.75) is 0 Å². The largest absolute Gasteiger partial charge is 0.455 e. The van der Waals surface area contributed by atoms with Gasteiger partial charge in [-0.15, -0.1) is 0 Å². The van der Waals surface area contributed by atoms with E-state index in [9.17, 15) is 0 Å². The van der Waals surface area contributed by atoms with Crippen LogP contribution in [-0.2, 0) is 0 Å². The average molecular weight is 1800 g/mol. The van der Waals surface area contributed by atoms with Gasteiger partial charge in [-0.1, -0.05) is 370 Å². The van der Waals surface area contributed by atoms with Crippen molar-refractivity contribution in [3.63, 3.8) is 0 Å². The normalized spacial score (nSPS) is 11.8. The summed E-state index contributed by atoms with van der Waals surface area (Å²) < 4.78 is 34.5. The third kappa shape index (κ3) is 13.1. The number of para-hydroxylation sites is 12. The molecule has 9 heterocycles. The fourth-order valence-electron chi connectivity index (χ4n) is 22.3. The molecule has 0 saturated carbocycles. The molecule has 0 amide bonds. The van der Waals surface area contributed by atoms with E-state index in [0.29, 0.717) is 0 Å². The Morgan fingerprint density at radius 1 is 0.128 bits per heavy atom. The van der Waals surface area contributed by atoms with Crippen molar-refractivity contribution < 1.29 is 13.3 Å². The van der Waals surface area contributed by atoms with Crippen LogP contribution < -0.4 is 0 Å². The van der Waals surface area contributed by atoms with Gasteiger partial charge in [0.15, 0.2) is 5.58 Å². The van der Waals surface area contributed by atoms with Gasteiger partial charge in [-0.25, -0.2) is 0 Å². The first-order valence-electron chi connectivity index (χ1n) is 48.1. The van der Waals surface area contributed by atoms with E-state index in [4.69, 9.17) is 13.3 Å². The van der Waals surface area contributed by atoms with Gasteiger partial charge >= 0.3 is 0 Å². The molecule has 660 valence electrons. The summed E-state index contributed by atoms with van der Waals surface area (Å²) in [4.78, 5) is 0. The standard InChI is InChI=1S/C50H32N2O.C44H28N2O.C38H24N2O/c1-3-11-33(12-4-1)34-21-23-35(24-22-34)39-16-9-18-43-44-19-10-17-40(50(44)53-49(39)43)36-25-27-38(28-26-36)52-47-20-8-7-15-41(47)42-29-30-46-45(48(42)52)31-32-51(46)37-13-5-2-6-14-37;1-3-11-29(12-4-1)33-16-9-18-37-38-19-10-17-34(44(38)47-43(33)37)30-21-23-32(24-22-30)46-41-20-8-7-15-35(41)36-25-26-40-39(42(36)46)27-28-45(40)31-13-5-2-6-14-31;1-3-11-25(12-4-1)27-16-9-17-30-31-18-10-20-35(38(31)41-37(27)30)40-34-19-8-7-15-28(34)29-21-22-33-32(36(29)40)23-24-39(33)26-13-5-2-6-14-26/h1-32H;1-28H;1-24H. The molecule has 0 N–H and O–H groups in total. The highest BCUT2D eigenvalue weighted by molar-refractivity contribution is 6.23. The first kappa shape index (κ1) is 80.5. The van der Waals surface area contributed by atoms with E-state index in [2.05, 4.69) is 531 Å². The average Bonchev–Trinajstić information content (AvgIpc) is 1.60. The second-order valence-electron chi connectivity index (χ2n) is 36.4. The van der Waals surface area contributed by atoms with Gasteiger partial charge in [0.2, 0.25) is 0 Å². The van der Waals surface area contributed by atoms with Crippen LogP contribution in [0.5, 0.6) is 0 Å². The molecule has 141 heavy (non-hydrogen) atoms. The molecule has 0 unspecified atom stereocenters. The summed E-state index contributed by atoms with van der Waals surface area (Å²) in [6, 6.07) is 175. The summed E-state index contributed by atoms with van der Waals surface area (Å²) in [5.74, 6) is 0. The smallest absolute Gasteiger partial charge is 0.159 e. The number of aromatic nitrogens is 6. The summed E-state index contributed by atoms with van der Waals surface area (Å²) in [6.45, 7) is 0. The zero-order valence-corrected chi connectivity index (χ0v) is 76.4. The van der Waals surface area contributed by atoms with Crippen LogP contribution in [0.15, 0.2) is 523 Å². The molecule has 0 saturated heterocycles. The maximum Gasteiger partial charge on any atom is 0.159 e. The Bertz CT molecular complexity index is 10100. The monoisotopic (exact) mass is 1800 g/mol. The van der Waals surface area contributed by atoms with Crippen LogP contribution in [0.3, 0.4) is 0 Å². The minimum atomic E-state index is 0.896. The van der Waals surface area contributed by atoms with Crippen LogP contribution in [0, 0.1) is 0 Å². The SMILES string of the molecule is c1ccc(-c2ccc(-c3cccc4c3oc3c(-c5ccc(-n6c7ccccc7c7ccc8c(ccn8-c8ccccc8)c76)cc5)cccc34)cc2)cc1.c1ccc(-c2cccc3c2oc2c(-c4ccc(-n5c6ccccc6c6ccc7c(ccn7-c7ccccc7)c65)cc4)cccc23)cc1.c1ccc(-c2cccc3c2oc2c(-n4c5ccccc5c5ccc6c(ccn6-c6ccccc6)c54)cccc23)cc1. The fourth-order valence-corrected chi connectivity index (χ4v) is 22.3. The molecule has 21 aromatic carbocycles. The van der Waals surface area contributed by atoms with Crippen LogP contribution in [0.4, 0.5) is 0 Å². The molecule has 9 nitrogen and oxygen atoms in total. The second-order valence-corrected chi connectivity index (χ2v) is 36.4. The van der Waals surface area contributed by atoms with E-state index >= 15 is 0 Å². The maximum atomic E-state index is 6.85. The van der Waals surface area contributed by atoms with Gasteiger partial charge in [0, 0.05) is 156 Å². The molecule has 0 atom stereocenters. The lowest BCUT2D eigenvalue weighted by atomic mass is 9.98. The predicted octanol–water partition coefficient (Wildman–Crippen LogP) is 35.9. The number of fused-ring (bicyclic) bond motifs is 24. The molecule has 9 aromatic heterocycles. The van der Waals surface area contributed by atoms with E-state index in [1.165, 1.54) is 109 Å². The van der Waals surface area contributed by atoms with Crippen LogP contribution in [0.1, 0.15) is 0 Å². The highest BCUT2D eigenvalue weighted by atomic mass is 16.3. The predicted molar refractivity (Wildman–Crippen MR) is 587 cm³/mol. The lowest BCUT2D eigenvalue weighted by Gasteiger charge is -2.11. The van der Waals surface area contributed by atoms with E-state index in [0.717, 1.165) is 156 Å². The zero-order valence-electron chi connectivity index (χ0n) is 76.4. The number of hydrogen-bond acceptors (Lipinski definition) is 3. The van der Waals surface area contributed by atoms with Gasteiger partial charge in [0.05, 0.1) is 55.3 Å². The second kappa shape index (κ2) is 33.0. The Kier molecular flexibility index (Phi) is 18.8. The maximum absolute atomic E-state index is 6.85. The molecule has 0 aliphatic heterocycles.